The molecule has 2 heterocycles. The van der Waals surface area contributed by atoms with Crippen LogP contribution in [0.1, 0.15) is 33.1 Å². The zero-order valence-electron chi connectivity index (χ0n) is 12.4. The summed E-state index contributed by atoms with van der Waals surface area (Å²) in [6.45, 7) is 5.69. The molecule has 0 radical (unpaired) electrons. The lowest BCUT2D eigenvalue weighted by atomic mass is 9.97. The van der Waals surface area contributed by atoms with Gasteiger partial charge in [-0.3, -0.25) is 0 Å². The lowest BCUT2D eigenvalue weighted by molar-refractivity contribution is 0.0386. The molecule has 0 saturated carbocycles. The smallest absolute Gasteiger partial charge is 0.244 e. The van der Waals surface area contributed by atoms with Crippen LogP contribution in [-0.4, -0.2) is 43.7 Å². The monoisotopic (exact) mass is 314 g/mol. The Kier molecular flexibility index (Phi) is 5.13. The van der Waals surface area contributed by atoms with Crippen molar-refractivity contribution in [1.29, 1.82) is 0 Å². The Hall–Kier alpha value is -1.25. The van der Waals surface area contributed by atoms with Gasteiger partial charge >= 0.3 is 0 Å². The topological polar surface area (TPSA) is 93.2 Å². The van der Waals surface area contributed by atoms with Gasteiger partial charge in [0, 0.05) is 13.2 Å². The predicted molar refractivity (Wildman–Crippen MR) is 79.6 cm³/mol. The first-order valence-electron chi connectivity index (χ1n) is 7.13. The Morgan fingerprint density at radius 2 is 2.10 bits per heavy atom. The molecular weight excluding hydrogens is 292 g/mol. The number of sulfonamides is 1. The Morgan fingerprint density at radius 1 is 1.38 bits per heavy atom. The maximum atomic E-state index is 12.4. The summed E-state index contributed by atoms with van der Waals surface area (Å²) < 4.78 is 32.8. The molecule has 1 saturated heterocycles. The van der Waals surface area contributed by atoms with Crippen molar-refractivity contribution in [1.82, 2.24) is 14.7 Å². The highest BCUT2D eigenvalue weighted by Gasteiger charge is 2.33. The number of nitrogens with one attached hydrogen (secondary N) is 2. The van der Waals surface area contributed by atoms with E-state index in [2.05, 4.69) is 20.0 Å². The van der Waals surface area contributed by atoms with Crippen molar-refractivity contribution in [3.8, 4) is 0 Å². The summed E-state index contributed by atoms with van der Waals surface area (Å²) in [6.07, 6.45) is 5.18. The second kappa shape index (κ2) is 6.67. The van der Waals surface area contributed by atoms with E-state index in [-0.39, 0.29) is 4.90 Å². The number of aromatic nitrogens is 2. The molecule has 2 rings (SSSR count). The molecule has 0 bridgehead atoms. The molecule has 0 spiro atoms. The van der Waals surface area contributed by atoms with Crippen molar-refractivity contribution < 1.29 is 13.2 Å². The van der Waals surface area contributed by atoms with Crippen LogP contribution in [0.4, 0.5) is 5.95 Å². The molecule has 118 valence electrons. The summed E-state index contributed by atoms with van der Waals surface area (Å²) in [6, 6.07) is 0. The number of hydrogen-bond donors (Lipinski definition) is 2. The van der Waals surface area contributed by atoms with Crippen molar-refractivity contribution in [2.24, 2.45) is 0 Å². The highest BCUT2D eigenvalue weighted by Crippen LogP contribution is 2.21. The van der Waals surface area contributed by atoms with Crippen molar-refractivity contribution in [3.63, 3.8) is 0 Å². The molecule has 1 atom stereocenters. The standard InChI is InChI=1S/C13H22N4O3S/c1-3-6-14-12-15-8-11(9-16-12)21(18,19)17-13(2)5-4-7-20-10-13/h8-9,17H,3-7,10H2,1-2H3,(H,14,15,16). The molecule has 0 aromatic carbocycles. The van der Waals surface area contributed by atoms with E-state index in [0.29, 0.717) is 19.2 Å². The molecule has 7 nitrogen and oxygen atoms in total. The van der Waals surface area contributed by atoms with Crippen LogP contribution < -0.4 is 10.0 Å². The highest BCUT2D eigenvalue weighted by atomic mass is 32.2. The molecule has 0 amide bonds. The molecular formula is C13H22N4O3S. The zero-order valence-corrected chi connectivity index (χ0v) is 13.2. The minimum atomic E-state index is -3.64. The van der Waals surface area contributed by atoms with Gasteiger partial charge < -0.3 is 10.1 Å². The van der Waals surface area contributed by atoms with E-state index in [0.717, 1.165) is 25.8 Å². The van der Waals surface area contributed by atoms with Gasteiger partial charge in [-0.1, -0.05) is 6.92 Å². The first-order valence-corrected chi connectivity index (χ1v) is 8.61. The molecule has 1 fully saturated rings. The van der Waals surface area contributed by atoms with E-state index >= 15 is 0 Å². The third-order valence-electron chi connectivity index (χ3n) is 3.29. The molecule has 1 aromatic heterocycles. The van der Waals surface area contributed by atoms with Gasteiger partial charge in [-0.15, -0.1) is 0 Å². The van der Waals surface area contributed by atoms with Crippen molar-refractivity contribution in [3.05, 3.63) is 12.4 Å². The molecule has 2 N–H and O–H groups in total. The van der Waals surface area contributed by atoms with Crippen LogP contribution >= 0.6 is 0 Å². The Bertz CT molecular complexity index is 553. The molecule has 1 aliphatic rings. The number of hydrogen-bond acceptors (Lipinski definition) is 6. The fourth-order valence-electron chi connectivity index (χ4n) is 2.18. The molecule has 1 aromatic rings. The fraction of sp³-hybridized carbons (Fsp3) is 0.692. The Balaban J connectivity index is 2.08. The summed E-state index contributed by atoms with van der Waals surface area (Å²) in [5, 5.41) is 3.00. The van der Waals surface area contributed by atoms with Crippen LogP contribution in [0.5, 0.6) is 0 Å². The van der Waals surface area contributed by atoms with Crippen LogP contribution in [0.15, 0.2) is 17.3 Å². The summed E-state index contributed by atoms with van der Waals surface area (Å²) >= 11 is 0. The third kappa shape index (κ3) is 4.36. The van der Waals surface area contributed by atoms with Gasteiger partial charge in [0.05, 0.1) is 24.5 Å². The van der Waals surface area contributed by atoms with Crippen LogP contribution in [0.3, 0.4) is 0 Å². The number of anilines is 1. The van der Waals surface area contributed by atoms with E-state index in [1.807, 2.05) is 13.8 Å². The van der Waals surface area contributed by atoms with Crippen LogP contribution in [0.2, 0.25) is 0 Å². The van der Waals surface area contributed by atoms with E-state index < -0.39 is 15.6 Å². The summed E-state index contributed by atoms with van der Waals surface area (Å²) in [5.41, 5.74) is -0.573. The minimum absolute atomic E-state index is 0.0661. The zero-order chi connectivity index (χ0) is 15.3. The van der Waals surface area contributed by atoms with Gasteiger partial charge in [-0.25, -0.2) is 23.1 Å². The van der Waals surface area contributed by atoms with Gasteiger partial charge in [0.1, 0.15) is 4.90 Å². The lowest BCUT2D eigenvalue weighted by Crippen LogP contribution is -2.51. The Morgan fingerprint density at radius 3 is 2.67 bits per heavy atom. The van der Waals surface area contributed by atoms with E-state index in [1.165, 1.54) is 12.4 Å². The van der Waals surface area contributed by atoms with E-state index in [1.54, 1.807) is 0 Å². The SMILES string of the molecule is CCCNc1ncc(S(=O)(=O)NC2(C)CCCOC2)cn1. The van der Waals surface area contributed by atoms with Crippen LogP contribution in [0, 0.1) is 0 Å². The third-order valence-corrected chi connectivity index (χ3v) is 4.88. The fourth-order valence-corrected chi connectivity index (χ4v) is 3.49. The lowest BCUT2D eigenvalue weighted by Gasteiger charge is -2.33. The average Bonchev–Trinajstić information content (AvgIpc) is 2.45. The number of ether oxygens (including phenoxy) is 1. The first-order chi connectivity index (χ1) is 9.95. The van der Waals surface area contributed by atoms with E-state index in [9.17, 15) is 8.42 Å². The minimum Gasteiger partial charge on any atom is -0.380 e. The maximum Gasteiger partial charge on any atom is 0.244 e. The van der Waals surface area contributed by atoms with Gasteiger partial charge in [0.15, 0.2) is 0 Å². The molecule has 8 heteroatoms. The number of rotatable bonds is 6. The summed E-state index contributed by atoms with van der Waals surface area (Å²) in [4.78, 5) is 8.12. The van der Waals surface area contributed by atoms with Gasteiger partial charge in [0.25, 0.3) is 0 Å². The van der Waals surface area contributed by atoms with Gasteiger partial charge in [0.2, 0.25) is 16.0 Å². The average molecular weight is 314 g/mol. The maximum absolute atomic E-state index is 12.4. The van der Waals surface area contributed by atoms with Crippen molar-refractivity contribution in [2.45, 2.75) is 43.5 Å². The quantitative estimate of drug-likeness (QED) is 0.818. The highest BCUT2D eigenvalue weighted by molar-refractivity contribution is 7.89. The van der Waals surface area contributed by atoms with Crippen LogP contribution in [0.25, 0.3) is 0 Å². The first kappa shape index (κ1) is 16.1. The molecule has 0 aliphatic carbocycles. The normalized spacial score (nSPS) is 23.0. The van der Waals surface area contributed by atoms with Crippen LogP contribution in [-0.2, 0) is 14.8 Å². The molecule has 1 unspecified atom stereocenters. The predicted octanol–water partition coefficient (Wildman–Crippen LogP) is 1.15. The summed E-state index contributed by atoms with van der Waals surface area (Å²) in [7, 11) is -3.64. The second-order valence-corrected chi connectivity index (χ2v) is 7.17. The number of nitrogens with zero attached hydrogens (tertiary/aromatic N) is 2. The van der Waals surface area contributed by atoms with E-state index in [4.69, 9.17) is 4.74 Å². The van der Waals surface area contributed by atoms with Crippen molar-refractivity contribution in [2.75, 3.05) is 25.1 Å². The summed E-state index contributed by atoms with van der Waals surface area (Å²) in [5.74, 6) is 0.433. The van der Waals surface area contributed by atoms with Gasteiger partial charge in [-0.2, -0.15) is 0 Å². The largest absolute Gasteiger partial charge is 0.380 e. The molecule has 21 heavy (non-hydrogen) atoms. The van der Waals surface area contributed by atoms with Crippen molar-refractivity contribution >= 4 is 16.0 Å². The van der Waals surface area contributed by atoms with Gasteiger partial charge in [-0.05, 0) is 26.2 Å². The molecule has 1 aliphatic heterocycles. The Labute approximate surface area is 125 Å². The second-order valence-electron chi connectivity index (χ2n) is 5.49.